The minimum atomic E-state index is -4.58. The zero-order chi connectivity index (χ0) is 23.0. The van der Waals surface area contributed by atoms with Gasteiger partial charge in [-0.25, -0.2) is 0 Å². The van der Waals surface area contributed by atoms with E-state index in [0.717, 1.165) is 17.4 Å². The first-order valence-corrected chi connectivity index (χ1v) is 10.6. The summed E-state index contributed by atoms with van der Waals surface area (Å²) >= 11 is 1.14. The van der Waals surface area contributed by atoms with Gasteiger partial charge in [-0.15, -0.1) is 10.2 Å². The van der Waals surface area contributed by atoms with Crippen LogP contribution in [0.5, 0.6) is 11.5 Å². The molecule has 3 aromatic rings. The molecule has 0 aliphatic rings. The second-order valence-electron chi connectivity index (χ2n) is 6.73. The molecule has 0 aliphatic heterocycles. The van der Waals surface area contributed by atoms with Crippen molar-refractivity contribution in [2.75, 3.05) is 19.8 Å². The number of hydrogen-bond donors (Lipinski definition) is 1. The smallest absolute Gasteiger partial charge is 0.419 e. The van der Waals surface area contributed by atoms with E-state index >= 15 is 0 Å². The molecule has 1 heterocycles. The molecule has 0 radical (unpaired) electrons. The van der Waals surface area contributed by atoms with Crippen LogP contribution >= 0.6 is 11.3 Å². The molecule has 2 aromatic carbocycles. The number of unbranched alkanes of at least 4 members (excludes halogenated alkanes) is 1. The highest BCUT2D eigenvalue weighted by atomic mass is 32.1. The van der Waals surface area contributed by atoms with Gasteiger partial charge in [0.2, 0.25) is 0 Å². The first kappa shape index (κ1) is 23.5. The highest BCUT2D eigenvalue weighted by molar-refractivity contribution is 7.14. The van der Waals surface area contributed by atoms with Gasteiger partial charge in [-0.05, 0) is 49.2 Å². The second kappa shape index (κ2) is 10.9. The summed E-state index contributed by atoms with van der Waals surface area (Å²) in [5.41, 5.74) is -0.0926. The Morgan fingerprint density at radius 3 is 2.53 bits per heavy atom. The molecule has 0 fully saturated rings. The van der Waals surface area contributed by atoms with E-state index in [2.05, 4.69) is 10.2 Å². The molecule has 3 rings (SSSR count). The summed E-state index contributed by atoms with van der Waals surface area (Å²) in [6.45, 7) is 0.354. The van der Waals surface area contributed by atoms with E-state index in [-0.39, 0.29) is 19.0 Å². The number of aliphatic hydroxyl groups is 1. The van der Waals surface area contributed by atoms with Gasteiger partial charge in [-0.3, -0.25) is 0 Å². The van der Waals surface area contributed by atoms with Gasteiger partial charge in [-0.1, -0.05) is 17.4 Å². The van der Waals surface area contributed by atoms with Gasteiger partial charge in [0.25, 0.3) is 0 Å². The molecular formula is C22H20F3N3O3S. The summed E-state index contributed by atoms with van der Waals surface area (Å²) in [6.07, 6.45) is -3.20. The van der Waals surface area contributed by atoms with E-state index in [0.29, 0.717) is 52.8 Å². The Labute approximate surface area is 186 Å². The normalized spacial score (nSPS) is 11.2. The van der Waals surface area contributed by atoms with Gasteiger partial charge in [0.1, 0.15) is 21.5 Å². The molecule has 0 spiro atoms. The molecule has 1 aromatic heterocycles. The maximum atomic E-state index is 13.6. The highest BCUT2D eigenvalue weighted by Gasteiger charge is 2.35. The summed E-state index contributed by atoms with van der Waals surface area (Å²) in [6, 6.07) is 12.6. The summed E-state index contributed by atoms with van der Waals surface area (Å²) in [5, 5.41) is 26.5. The number of nitriles is 1. The van der Waals surface area contributed by atoms with Gasteiger partial charge in [0, 0.05) is 18.6 Å². The molecule has 0 bridgehead atoms. The van der Waals surface area contributed by atoms with Crippen molar-refractivity contribution in [3.63, 3.8) is 0 Å². The van der Waals surface area contributed by atoms with Crippen LogP contribution in [0.25, 0.3) is 10.6 Å². The molecule has 32 heavy (non-hydrogen) atoms. The fraction of sp³-hybridized carbons (Fsp3) is 0.318. The Morgan fingerprint density at radius 1 is 1.03 bits per heavy atom. The molecule has 6 nitrogen and oxygen atoms in total. The summed E-state index contributed by atoms with van der Waals surface area (Å²) in [5.74, 6) is 0.322. The Morgan fingerprint density at radius 2 is 1.81 bits per heavy atom. The lowest BCUT2D eigenvalue weighted by atomic mass is 10.1. The SMILES string of the molecule is N#Cc1cccc(OCCCCOc2ccc(-c3nnc(CCO)s3)cc2C(F)(F)F)c1. The summed E-state index contributed by atoms with van der Waals surface area (Å²) in [4.78, 5) is 0. The number of hydrogen-bond acceptors (Lipinski definition) is 7. The minimum absolute atomic E-state index is 0.101. The first-order chi connectivity index (χ1) is 15.4. The van der Waals surface area contributed by atoms with Crippen LogP contribution in [0.4, 0.5) is 13.2 Å². The zero-order valence-electron chi connectivity index (χ0n) is 16.9. The quantitative estimate of drug-likeness (QED) is 0.432. The van der Waals surface area contributed by atoms with Crippen LogP contribution in [0.1, 0.15) is 29.0 Å². The number of aromatic nitrogens is 2. The van der Waals surface area contributed by atoms with Crippen LogP contribution in [0.3, 0.4) is 0 Å². The van der Waals surface area contributed by atoms with Gasteiger partial charge in [-0.2, -0.15) is 18.4 Å². The third kappa shape index (κ3) is 6.42. The molecule has 1 N–H and O–H groups in total. The van der Waals surface area contributed by atoms with Gasteiger partial charge >= 0.3 is 6.18 Å². The average Bonchev–Trinajstić information content (AvgIpc) is 3.24. The largest absolute Gasteiger partial charge is 0.494 e. The van der Waals surface area contributed by atoms with Crippen molar-refractivity contribution in [1.82, 2.24) is 10.2 Å². The standard InChI is InChI=1S/C22H20F3N3O3S/c23-22(24,25)18-13-16(21-28-27-20(32-21)8-9-29)6-7-19(18)31-11-2-1-10-30-17-5-3-4-15(12-17)14-26/h3-7,12-13,29H,1-2,8-11H2. The number of benzene rings is 2. The lowest BCUT2D eigenvalue weighted by Crippen LogP contribution is -2.10. The number of alkyl halides is 3. The molecule has 0 saturated heterocycles. The molecule has 0 amide bonds. The van der Waals surface area contributed by atoms with Crippen molar-refractivity contribution in [3.8, 4) is 28.1 Å². The van der Waals surface area contributed by atoms with Gasteiger partial charge < -0.3 is 14.6 Å². The van der Waals surface area contributed by atoms with Crippen LogP contribution in [0.15, 0.2) is 42.5 Å². The number of nitrogens with zero attached hydrogens (tertiary/aromatic N) is 3. The maximum absolute atomic E-state index is 13.6. The zero-order valence-corrected chi connectivity index (χ0v) is 17.7. The molecule has 0 unspecified atom stereocenters. The molecular weight excluding hydrogens is 443 g/mol. The van der Waals surface area contributed by atoms with Crippen molar-refractivity contribution in [1.29, 1.82) is 5.26 Å². The van der Waals surface area contributed by atoms with Crippen molar-refractivity contribution in [2.24, 2.45) is 0 Å². The number of halogens is 3. The number of aliphatic hydroxyl groups excluding tert-OH is 1. The molecule has 0 aliphatic carbocycles. The molecule has 10 heteroatoms. The fourth-order valence-electron chi connectivity index (χ4n) is 2.81. The summed E-state index contributed by atoms with van der Waals surface area (Å²) < 4.78 is 51.6. The molecule has 0 saturated carbocycles. The van der Waals surface area contributed by atoms with E-state index in [9.17, 15) is 13.2 Å². The predicted octanol–water partition coefficient (Wildman–Crippen LogP) is 4.87. The van der Waals surface area contributed by atoms with E-state index in [1.165, 1.54) is 12.1 Å². The lowest BCUT2D eigenvalue weighted by molar-refractivity contribution is -0.138. The Kier molecular flexibility index (Phi) is 8.03. The number of ether oxygens (including phenoxy) is 2. The predicted molar refractivity (Wildman–Crippen MR) is 113 cm³/mol. The second-order valence-corrected chi connectivity index (χ2v) is 7.79. The maximum Gasteiger partial charge on any atom is 0.419 e. The van der Waals surface area contributed by atoms with E-state index in [1.54, 1.807) is 24.3 Å². The first-order valence-electron chi connectivity index (χ1n) is 9.81. The fourth-order valence-corrected chi connectivity index (χ4v) is 3.63. The average molecular weight is 463 g/mol. The Hall–Kier alpha value is -3.16. The van der Waals surface area contributed by atoms with Crippen molar-refractivity contribution < 1.29 is 27.8 Å². The van der Waals surface area contributed by atoms with Crippen LogP contribution in [-0.2, 0) is 12.6 Å². The number of rotatable bonds is 10. The Balaban J connectivity index is 1.56. The lowest BCUT2D eigenvalue weighted by Gasteiger charge is -2.15. The van der Waals surface area contributed by atoms with Crippen molar-refractivity contribution in [3.05, 3.63) is 58.6 Å². The topological polar surface area (TPSA) is 88.3 Å². The Bertz CT molecular complexity index is 1080. The molecule has 168 valence electrons. The van der Waals surface area contributed by atoms with Crippen LogP contribution in [0.2, 0.25) is 0 Å². The monoisotopic (exact) mass is 463 g/mol. The minimum Gasteiger partial charge on any atom is -0.494 e. The van der Waals surface area contributed by atoms with Gasteiger partial charge in [0.15, 0.2) is 0 Å². The van der Waals surface area contributed by atoms with Crippen molar-refractivity contribution in [2.45, 2.75) is 25.4 Å². The summed E-state index contributed by atoms with van der Waals surface area (Å²) in [7, 11) is 0. The van der Waals surface area contributed by atoms with E-state index in [1.807, 2.05) is 6.07 Å². The third-order valence-corrected chi connectivity index (χ3v) is 5.38. The van der Waals surface area contributed by atoms with Crippen molar-refractivity contribution >= 4 is 11.3 Å². The van der Waals surface area contributed by atoms with Crippen LogP contribution < -0.4 is 9.47 Å². The highest BCUT2D eigenvalue weighted by Crippen LogP contribution is 2.39. The van der Waals surface area contributed by atoms with E-state index in [4.69, 9.17) is 19.8 Å². The van der Waals surface area contributed by atoms with Crippen LogP contribution in [-0.4, -0.2) is 35.1 Å². The van der Waals surface area contributed by atoms with Crippen LogP contribution in [0, 0.1) is 11.3 Å². The third-order valence-electron chi connectivity index (χ3n) is 4.35. The van der Waals surface area contributed by atoms with Gasteiger partial charge in [0.05, 0.1) is 30.4 Å². The van der Waals surface area contributed by atoms with E-state index < -0.39 is 11.7 Å². The molecule has 0 atom stereocenters.